The molecule has 8 heteroatoms. The van der Waals surface area contributed by atoms with Crippen LogP contribution < -0.4 is 9.30 Å². The summed E-state index contributed by atoms with van der Waals surface area (Å²) in [5.41, 5.74) is 23.9. The van der Waals surface area contributed by atoms with Crippen molar-refractivity contribution < 1.29 is 34.8 Å². The Morgan fingerprint density at radius 2 is 0.989 bits per heavy atom. The van der Waals surface area contributed by atoms with Crippen molar-refractivity contribution >= 4 is 76.6 Å². The van der Waals surface area contributed by atoms with Gasteiger partial charge < -0.3 is 22.9 Å². The van der Waals surface area contributed by atoms with Gasteiger partial charge in [0.25, 0.3) is 6.33 Å². The number of aromatic nitrogens is 5. The van der Waals surface area contributed by atoms with Gasteiger partial charge in [-0.3, -0.25) is 4.57 Å². The van der Waals surface area contributed by atoms with E-state index in [1.807, 2.05) is 36.5 Å². The van der Waals surface area contributed by atoms with E-state index in [2.05, 4.69) is 303 Å². The second-order valence-corrected chi connectivity index (χ2v) is 26.7. The van der Waals surface area contributed by atoms with Gasteiger partial charge in [0.15, 0.2) is 0 Å². The maximum atomic E-state index is 6.98. The summed E-state index contributed by atoms with van der Waals surface area (Å²) in [5.74, 6) is 1.92. The van der Waals surface area contributed by atoms with Gasteiger partial charge in [0.1, 0.15) is 17.0 Å². The van der Waals surface area contributed by atoms with E-state index in [-0.39, 0.29) is 31.9 Å². The van der Waals surface area contributed by atoms with Crippen molar-refractivity contribution in [3.63, 3.8) is 0 Å². The van der Waals surface area contributed by atoms with Crippen LogP contribution in [0.2, 0.25) is 0 Å². The van der Waals surface area contributed by atoms with Crippen LogP contribution in [-0.4, -0.2) is 18.7 Å². The Labute approximate surface area is 559 Å². The molecule has 1 aliphatic rings. The molecule has 0 fully saturated rings. The molecule has 454 valence electrons. The molecule has 17 aromatic rings. The van der Waals surface area contributed by atoms with Gasteiger partial charge in [-0.15, -0.1) is 29.7 Å². The Hall–Kier alpha value is -10.9. The second-order valence-electron chi connectivity index (χ2n) is 26.7. The quantitative estimate of drug-likeness (QED) is 0.118. The molecule has 0 aliphatic carbocycles. The molecule has 7 nitrogen and oxygen atoms in total. The second kappa shape index (κ2) is 21.6. The number of furan rings is 1. The van der Waals surface area contributed by atoms with Crippen LogP contribution in [0.1, 0.15) is 52.7 Å². The molecule has 12 aromatic carbocycles. The van der Waals surface area contributed by atoms with E-state index in [4.69, 9.17) is 14.1 Å². The number of para-hydroxylation sites is 5. The van der Waals surface area contributed by atoms with Crippen LogP contribution in [0, 0.1) is 18.5 Å². The number of benzene rings is 12. The molecule has 0 unspecified atom stereocenters. The van der Waals surface area contributed by atoms with Gasteiger partial charge in [0, 0.05) is 65.8 Å². The summed E-state index contributed by atoms with van der Waals surface area (Å²) in [4.78, 5) is 4.96. The molecule has 5 aromatic heterocycles. The van der Waals surface area contributed by atoms with E-state index in [0.29, 0.717) is 11.5 Å². The van der Waals surface area contributed by atoms with Crippen molar-refractivity contribution in [2.24, 2.45) is 0 Å². The summed E-state index contributed by atoms with van der Waals surface area (Å²) in [5, 5.41) is 6.68. The summed E-state index contributed by atoms with van der Waals surface area (Å²) in [6, 6.07) is 99.7. The minimum Gasteiger partial charge on any atom is -0.510 e. The van der Waals surface area contributed by atoms with Gasteiger partial charge in [0.05, 0.1) is 33.4 Å². The van der Waals surface area contributed by atoms with Crippen LogP contribution in [0.3, 0.4) is 0 Å². The first-order valence-corrected chi connectivity index (χ1v) is 31.9. The maximum Gasteiger partial charge on any atom is 0.268 e. The van der Waals surface area contributed by atoms with Crippen molar-refractivity contribution in [1.29, 1.82) is 0 Å². The summed E-state index contributed by atoms with van der Waals surface area (Å²) in [7, 11) is 0. The fourth-order valence-corrected chi connectivity index (χ4v) is 14.4. The van der Waals surface area contributed by atoms with E-state index >= 15 is 0 Å². The number of rotatable bonds is 7. The zero-order chi connectivity index (χ0) is 62.4. The number of pyridine rings is 1. The average Bonchev–Trinajstić information content (AvgIpc) is 1.54. The summed E-state index contributed by atoms with van der Waals surface area (Å²) in [6.07, 6.45) is 6.03. The van der Waals surface area contributed by atoms with E-state index in [1.54, 1.807) is 0 Å². The van der Waals surface area contributed by atoms with Crippen LogP contribution in [0.5, 0.6) is 11.5 Å². The maximum absolute atomic E-state index is 6.98. The summed E-state index contributed by atoms with van der Waals surface area (Å²) >= 11 is 0. The van der Waals surface area contributed by atoms with Crippen molar-refractivity contribution in [3.05, 3.63) is 291 Å². The van der Waals surface area contributed by atoms with E-state index in [1.165, 1.54) is 21.9 Å². The number of fused-ring (bicyclic) bond motifs is 16. The van der Waals surface area contributed by atoms with Crippen molar-refractivity contribution in [3.8, 4) is 90.0 Å². The predicted molar refractivity (Wildman–Crippen MR) is 380 cm³/mol. The normalized spacial score (nSPS) is 12.3. The SMILES string of the molecule is CC(C)(C)c1ccc(-c2ccc3c(c2)-c2cccc(-n4c5ccccc5c5ccccc54)c2-[n+]2[c-]n(-c4[c-]c(Oc5[c-]c6c(cc5)c5ccccc5n6-c5cc(C(C)(C)C)ccn5)ccc4)c4cc(-c5ccc6oc7ccccc7c6c5)cc(c42)-c2ccccc2-3)cc1.[Pt]. The smallest absolute Gasteiger partial charge is 0.268 e. The third-order valence-electron chi connectivity index (χ3n) is 19.0. The zero-order valence-electron chi connectivity index (χ0n) is 52.7. The van der Waals surface area contributed by atoms with Crippen LogP contribution >= 0.6 is 0 Å². The topological polar surface area (TPSA) is 53.9 Å². The molecule has 0 atom stereocenters. The van der Waals surface area contributed by atoms with Crippen molar-refractivity contribution in [2.75, 3.05) is 0 Å². The molecule has 1 aliphatic heterocycles. The van der Waals surface area contributed by atoms with Crippen molar-refractivity contribution in [2.45, 2.75) is 52.4 Å². The Morgan fingerprint density at radius 3 is 1.73 bits per heavy atom. The zero-order valence-corrected chi connectivity index (χ0v) is 55.0. The number of imidazole rings is 1. The molecule has 94 heavy (non-hydrogen) atoms. The van der Waals surface area contributed by atoms with Crippen LogP contribution in [0.4, 0.5) is 0 Å². The number of nitrogens with zero attached hydrogens (tertiary/aromatic N) is 5. The Bertz CT molecular complexity index is 5890. The van der Waals surface area contributed by atoms with Gasteiger partial charge in [-0.25, -0.2) is 4.98 Å². The van der Waals surface area contributed by atoms with Crippen LogP contribution in [-0.2, 0) is 31.9 Å². The molecule has 0 saturated heterocycles. The molecule has 0 N–H and O–H groups in total. The van der Waals surface area contributed by atoms with Crippen LogP contribution in [0.25, 0.3) is 155 Å². The standard InChI is InChI=1S/C86H61N5O2.Pt/c1-85(2,3)57-37-33-53(34-38-57)54-35-40-64-62-21-7-8-22-63(62)73-47-56(55-36-42-81-72(46-55)69-26-12-16-32-80(69)93-81)48-79-84(73)89(83-70(71(64)45-54)27-18-31-77(83)90-74-28-13-9-23-65(74)66-24-10-14-29-75(66)90)52-88(79)59-19-17-20-60(50-59)92-61-39-41-68-67-25-11-15-30-76(67)91(78(68)51-61)82-49-58(43-44-87-82)86(4,5)6;/h7-49H,1-6H3;/q-2;. The van der Waals surface area contributed by atoms with E-state index < -0.39 is 0 Å². The molecule has 0 amide bonds. The molecule has 0 radical (unpaired) electrons. The van der Waals surface area contributed by atoms with Crippen molar-refractivity contribution in [1.82, 2.24) is 18.7 Å². The Balaban J connectivity index is 0.00000672. The van der Waals surface area contributed by atoms with Gasteiger partial charge in [-0.2, -0.15) is 18.2 Å². The molecule has 18 rings (SSSR count). The first-order chi connectivity index (χ1) is 45.4. The fraction of sp³-hybridized carbons (Fsp3) is 0.0930. The summed E-state index contributed by atoms with van der Waals surface area (Å²) in [6.45, 7) is 13.5. The van der Waals surface area contributed by atoms with E-state index in [0.717, 1.165) is 144 Å². The van der Waals surface area contributed by atoms with E-state index in [9.17, 15) is 0 Å². The largest absolute Gasteiger partial charge is 0.510 e. The van der Waals surface area contributed by atoms with Gasteiger partial charge in [0.2, 0.25) is 0 Å². The molecule has 0 spiro atoms. The molecule has 0 bridgehead atoms. The van der Waals surface area contributed by atoms with Gasteiger partial charge >= 0.3 is 0 Å². The Morgan fingerprint density at radius 1 is 0.404 bits per heavy atom. The fourth-order valence-electron chi connectivity index (χ4n) is 14.4. The number of ether oxygens (including phenoxy) is 1. The monoisotopic (exact) mass is 1390 g/mol. The molecule has 6 heterocycles. The summed E-state index contributed by atoms with van der Waals surface area (Å²) < 4.78 is 22.6. The number of hydrogen-bond donors (Lipinski definition) is 0. The molecule has 0 saturated carbocycles. The third-order valence-corrected chi connectivity index (χ3v) is 19.0. The minimum absolute atomic E-state index is 0. The van der Waals surface area contributed by atoms with Crippen LogP contribution in [0.15, 0.2) is 265 Å². The minimum atomic E-state index is -0.0721. The first-order valence-electron chi connectivity index (χ1n) is 31.9. The average molecular weight is 1390 g/mol. The van der Waals surface area contributed by atoms with Gasteiger partial charge in [-0.1, -0.05) is 205 Å². The van der Waals surface area contributed by atoms with Gasteiger partial charge in [-0.05, 0) is 155 Å². The predicted octanol–water partition coefficient (Wildman–Crippen LogP) is 21.8. The first kappa shape index (κ1) is 57.1. The molecular formula is C86H61N5O2Pt-2. The molecular weight excluding hydrogens is 1330 g/mol. The number of hydrogen-bond acceptors (Lipinski definition) is 3. The third kappa shape index (κ3) is 9.11. The Kier molecular flexibility index (Phi) is 13.1.